The number of amides is 2. The Balaban J connectivity index is 2.12. The lowest BCUT2D eigenvalue weighted by Crippen LogP contribution is -2.41. The summed E-state index contributed by atoms with van der Waals surface area (Å²) in [7, 11) is 1.33. The molecule has 9 nitrogen and oxygen atoms in total. The van der Waals surface area contributed by atoms with Gasteiger partial charge in [0.1, 0.15) is 11.4 Å². The number of ether oxygens (including phenoxy) is 1. The zero-order chi connectivity index (χ0) is 17.0. The van der Waals surface area contributed by atoms with Crippen molar-refractivity contribution in [1.82, 2.24) is 15.8 Å². The van der Waals surface area contributed by atoms with Crippen molar-refractivity contribution in [2.24, 2.45) is 0 Å². The Morgan fingerprint density at radius 2 is 1.96 bits per heavy atom. The number of aromatic amines is 1. The van der Waals surface area contributed by atoms with Crippen LogP contribution in [0.4, 0.5) is 5.69 Å². The van der Waals surface area contributed by atoms with Crippen molar-refractivity contribution in [3.8, 4) is 5.75 Å². The van der Waals surface area contributed by atoms with Crippen LogP contribution in [0.1, 0.15) is 20.8 Å². The van der Waals surface area contributed by atoms with Crippen molar-refractivity contribution < 1.29 is 19.2 Å². The van der Waals surface area contributed by atoms with E-state index in [9.17, 15) is 19.7 Å². The summed E-state index contributed by atoms with van der Waals surface area (Å²) in [5.41, 5.74) is 4.25. The molecule has 0 saturated carbocycles. The van der Waals surface area contributed by atoms with Gasteiger partial charge in [-0.3, -0.25) is 30.6 Å². The maximum absolute atomic E-state index is 12.1. The average Bonchev–Trinajstić information content (AvgIpc) is 2.98. The van der Waals surface area contributed by atoms with Crippen molar-refractivity contribution in [2.45, 2.75) is 0 Å². The highest BCUT2D eigenvalue weighted by Gasteiger charge is 2.18. The number of hydrazine groups is 1. The number of methoxy groups -OCH3 is 1. The van der Waals surface area contributed by atoms with Gasteiger partial charge in [-0.1, -0.05) is 0 Å². The molecular weight excluding hydrogens is 372 g/mol. The second kappa shape index (κ2) is 6.92. The zero-order valence-corrected chi connectivity index (χ0v) is 13.3. The summed E-state index contributed by atoms with van der Waals surface area (Å²) in [6, 6.07) is 5.10. The van der Waals surface area contributed by atoms with Crippen LogP contribution in [0, 0.1) is 10.1 Å². The lowest BCUT2D eigenvalue weighted by molar-refractivity contribution is -0.384. The molecule has 0 bridgehead atoms. The molecule has 1 aromatic carbocycles. The van der Waals surface area contributed by atoms with Gasteiger partial charge in [-0.25, -0.2) is 0 Å². The van der Waals surface area contributed by atoms with E-state index in [1.807, 2.05) is 0 Å². The second-order valence-corrected chi connectivity index (χ2v) is 5.20. The number of nitro benzene ring substituents is 1. The molecule has 0 aliphatic heterocycles. The monoisotopic (exact) mass is 382 g/mol. The number of H-pyrrole nitrogens is 1. The zero-order valence-electron chi connectivity index (χ0n) is 11.8. The smallest absolute Gasteiger partial charge is 0.286 e. The van der Waals surface area contributed by atoms with E-state index in [-0.39, 0.29) is 22.7 Å². The first-order valence-electron chi connectivity index (χ1n) is 6.19. The Hall–Kier alpha value is -2.88. The fraction of sp³-hybridized carbons (Fsp3) is 0.0769. The number of nitro groups is 1. The topological polar surface area (TPSA) is 126 Å². The summed E-state index contributed by atoms with van der Waals surface area (Å²) >= 11 is 3.18. The average molecular weight is 383 g/mol. The van der Waals surface area contributed by atoms with Gasteiger partial charge in [0.05, 0.1) is 17.6 Å². The molecule has 0 unspecified atom stereocenters. The van der Waals surface area contributed by atoms with E-state index in [4.69, 9.17) is 4.74 Å². The van der Waals surface area contributed by atoms with Gasteiger partial charge in [0.2, 0.25) is 0 Å². The molecule has 0 spiro atoms. The van der Waals surface area contributed by atoms with E-state index < -0.39 is 16.7 Å². The lowest BCUT2D eigenvalue weighted by Gasteiger charge is -2.09. The minimum Gasteiger partial charge on any atom is -0.496 e. The number of nitrogens with zero attached hydrogens (tertiary/aromatic N) is 1. The molecular formula is C13H11BrN4O5. The van der Waals surface area contributed by atoms with Crippen LogP contribution in [0.15, 0.2) is 34.9 Å². The molecule has 2 amide bonds. The molecule has 23 heavy (non-hydrogen) atoms. The number of carbonyl (C=O) groups excluding carboxylic acids is 2. The van der Waals surface area contributed by atoms with Gasteiger partial charge in [0.25, 0.3) is 17.5 Å². The van der Waals surface area contributed by atoms with E-state index in [2.05, 4.69) is 31.8 Å². The number of rotatable bonds is 4. The molecule has 1 aromatic heterocycles. The van der Waals surface area contributed by atoms with Crippen LogP contribution in [0.2, 0.25) is 0 Å². The van der Waals surface area contributed by atoms with Crippen LogP contribution < -0.4 is 15.6 Å². The van der Waals surface area contributed by atoms with Crippen LogP contribution in [0.5, 0.6) is 5.75 Å². The van der Waals surface area contributed by atoms with E-state index in [1.165, 1.54) is 25.3 Å². The molecule has 0 aliphatic carbocycles. The fourth-order valence-corrected chi connectivity index (χ4v) is 2.08. The van der Waals surface area contributed by atoms with Gasteiger partial charge in [-0.05, 0) is 28.1 Å². The molecule has 0 atom stereocenters. The third kappa shape index (κ3) is 3.86. The van der Waals surface area contributed by atoms with Crippen molar-refractivity contribution in [2.75, 3.05) is 7.11 Å². The van der Waals surface area contributed by atoms with Crippen LogP contribution in [-0.4, -0.2) is 28.8 Å². The molecule has 2 rings (SSSR count). The maximum Gasteiger partial charge on any atom is 0.286 e. The summed E-state index contributed by atoms with van der Waals surface area (Å²) in [5.74, 6) is -1.18. The summed E-state index contributed by atoms with van der Waals surface area (Å²) in [4.78, 5) is 36.7. The van der Waals surface area contributed by atoms with Gasteiger partial charge in [0, 0.05) is 22.8 Å². The molecule has 1 heterocycles. The fourth-order valence-electron chi connectivity index (χ4n) is 1.73. The first-order valence-corrected chi connectivity index (χ1v) is 6.98. The van der Waals surface area contributed by atoms with Crippen LogP contribution >= 0.6 is 15.9 Å². The molecule has 3 N–H and O–H groups in total. The normalized spacial score (nSPS) is 10.0. The molecule has 120 valence electrons. The quantitative estimate of drug-likeness (QED) is 0.548. The number of hydrogen-bond acceptors (Lipinski definition) is 5. The number of aromatic nitrogens is 1. The van der Waals surface area contributed by atoms with E-state index >= 15 is 0 Å². The van der Waals surface area contributed by atoms with Crippen molar-refractivity contribution >= 4 is 33.4 Å². The summed E-state index contributed by atoms with van der Waals surface area (Å²) in [5, 5.41) is 10.8. The lowest BCUT2D eigenvalue weighted by atomic mass is 10.1. The van der Waals surface area contributed by atoms with Gasteiger partial charge in [-0.15, -0.1) is 0 Å². The Labute approximate surface area is 138 Å². The van der Waals surface area contributed by atoms with Gasteiger partial charge < -0.3 is 9.72 Å². The maximum atomic E-state index is 12.1. The third-order valence-corrected chi connectivity index (χ3v) is 3.28. The van der Waals surface area contributed by atoms with Crippen LogP contribution in [-0.2, 0) is 0 Å². The van der Waals surface area contributed by atoms with Crippen LogP contribution in [0.3, 0.4) is 0 Å². The Bertz CT molecular complexity index is 773. The SMILES string of the molecule is COc1ccc([N+](=O)[O-])cc1C(=O)NNC(=O)c1cc(Br)c[nH]1. The molecule has 0 fully saturated rings. The molecule has 2 aromatic rings. The molecule has 0 saturated heterocycles. The van der Waals surface area contributed by atoms with Gasteiger partial charge >= 0.3 is 0 Å². The second-order valence-electron chi connectivity index (χ2n) is 4.28. The third-order valence-electron chi connectivity index (χ3n) is 2.82. The molecule has 10 heteroatoms. The first-order chi connectivity index (χ1) is 10.9. The summed E-state index contributed by atoms with van der Waals surface area (Å²) in [6.45, 7) is 0. The van der Waals surface area contributed by atoms with E-state index in [0.717, 1.165) is 6.07 Å². The highest BCUT2D eigenvalue weighted by atomic mass is 79.9. The molecule has 0 aliphatic rings. The minimum absolute atomic E-state index is 0.0744. The first kappa shape index (κ1) is 16.5. The Kier molecular flexibility index (Phi) is 4.96. The minimum atomic E-state index is -0.746. The van der Waals surface area contributed by atoms with Crippen molar-refractivity contribution in [1.29, 1.82) is 0 Å². The highest BCUT2D eigenvalue weighted by molar-refractivity contribution is 9.10. The van der Waals surface area contributed by atoms with Gasteiger partial charge in [-0.2, -0.15) is 0 Å². The Morgan fingerprint density at radius 3 is 2.52 bits per heavy atom. The van der Waals surface area contributed by atoms with Gasteiger partial charge in [0.15, 0.2) is 0 Å². The number of hydrogen-bond donors (Lipinski definition) is 3. The number of halogens is 1. The summed E-state index contributed by atoms with van der Waals surface area (Å²) < 4.78 is 5.66. The number of nitrogens with one attached hydrogen (secondary N) is 3. The van der Waals surface area contributed by atoms with Crippen molar-refractivity contribution in [3.05, 3.63) is 56.3 Å². The predicted octanol–water partition coefficient (Wildman–Crippen LogP) is 1.77. The number of non-ortho nitro benzene ring substituents is 1. The van der Waals surface area contributed by atoms with E-state index in [0.29, 0.717) is 4.47 Å². The van der Waals surface area contributed by atoms with Crippen LogP contribution in [0.25, 0.3) is 0 Å². The summed E-state index contributed by atoms with van der Waals surface area (Å²) in [6.07, 6.45) is 1.56. The molecule has 0 radical (unpaired) electrons. The number of carbonyl (C=O) groups is 2. The standard InChI is InChI=1S/C13H11BrN4O5/c1-23-11-3-2-8(18(21)22)5-9(11)12(19)16-17-13(20)10-4-7(14)6-15-10/h2-6,15H,1H3,(H,16,19)(H,17,20). The predicted molar refractivity (Wildman–Crippen MR) is 83.1 cm³/mol. The Morgan fingerprint density at radius 1 is 1.26 bits per heavy atom. The highest BCUT2D eigenvalue weighted by Crippen LogP contribution is 2.23. The largest absolute Gasteiger partial charge is 0.496 e. The van der Waals surface area contributed by atoms with Crippen molar-refractivity contribution in [3.63, 3.8) is 0 Å². The number of benzene rings is 1. The van der Waals surface area contributed by atoms with E-state index in [1.54, 1.807) is 6.20 Å².